The number of carbonyl (C=O) groups excluding carboxylic acids is 1. The number of amides is 1. The average molecular weight is 312 g/mol. The van der Waals surface area contributed by atoms with Crippen molar-refractivity contribution >= 4 is 28.3 Å². The summed E-state index contributed by atoms with van der Waals surface area (Å²) in [6.07, 6.45) is 4.33. The van der Waals surface area contributed by atoms with Gasteiger partial charge in [-0.1, -0.05) is 6.42 Å². The zero-order chi connectivity index (χ0) is 13.2. The van der Waals surface area contributed by atoms with E-state index >= 15 is 0 Å². The second-order valence-electron chi connectivity index (χ2n) is 4.99. The summed E-state index contributed by atoms with van der Waals surface area (Å²) in [6, 6.07) is -0.0662. The third-order valence-corrected chi connectivity index (χ3v) is 4.93. The molecule has 0 saturated carbocycles. The maximum absolute atomic E-state index is 12.2. The lowest BCUT2D eigenvalue weighted by molar-refractivity contribution is -0.135. The van der Waals surface area contributed by atoms with Crippen LogP contribution in [0.3, 0.4) is 0 Å². The lowest BCUT2D eigenvalue weighted by Gasteiger charge is -2.36. The number of carbonyl (C=O) groups is 1. The van der Waals surface area contributed by atoms with Gasteiger partial charge in [0.25, 0.3) is 0 Å². The van der Waals surface area contributed by atoms with Gasteiger partial charge in [-0.05, 0) is 19.4 Å². The smallest absolute Gasteiger partial charge is 0.239 e. The number of rotatable bonds is 2. The van der Waals surface area contributed by atoms with Gasteiger partial charge in [-0.3, -0.25) is 4.79 Å². The Labute approximate surface area is 121 Å². The molecule has 1 N–H and O–H groups in total. The van der Waals surface area contributed by atoms with Crippen LogP contribution in [0.25, 0.3) is 0 Å². The maximum atomic E-state index is 12.2. The summed E-state index contributed by atoms with van der Waals surface area (Å²) in [5.74, 6) is 0.128. The minimum atomic E-state index is -3.12. The molecule has 1 unspecified atom stereocenters. The lowest BCUT2D eigenvalue weighted by Crippen LogP contribution is -2.55. The van der Waals surface area contributed by atoms with Crippen LogP contribution in [0.1, 0.15) is 19.3 Å². The van der Waals surface area contributed by atoms with Crippen molar-refractivity contribution in [3.8, 4) is 0 Å². The molecule has 8 heteroatoms. The fourth-order valence-corrected chi connectivity index (χ4v) is 3.35. The standard InChI is InChI=1S/C11H21N3O3S.ClH/c1-18(16,17)14-8-6-13(7-9-14)11(15)10-4-2-3-5-12-10;/h10,12H,2-9H2,1H3;1H. The Kier molecular flexibility index (Phi) is 6.04. The van der Waals surface area contributed by atoms with E-state index in [1.54, 1.807) is 4.90 Å². The molecule has 0 spiro atoms. The summed E-state index contributed by atoms with van der Waals surface area (Å²) < 4.78 is 24.2. The van der Waals surface area contributed by atoms with Crippen LogP contribution in [-0.2, 0) is 14.8 Å². The van der Waals surface area contributed by atoms with E-state index in [1.807, 2.05) is 0 Å². The Bertz CT molecular complexity index is 401. The van der Waals surface area contributed by atoms with Crippen molar-refractivity contribution in [3.63, 3.8) is 0 Å². The van der Waals surface area contributed by atoms with Gasteiger partial charge in [0, 0.05) is 26.2 Å². The normalized spacial score (nSPS) is 25.7. The van der Waals surface area contributed by atoms with Gasteiger partial charge in [0.05, 0.1) is 12.3 Å². The molecule has 2 saturated heterocycles. The highest BCUT2D eigenvalue weighted by Gasteiger charge is 2.30. The van der Waals surface area contributed by atoms with Crippen LogP contribution >= 0.6 is 12.4 Å². The molecule has 0 aromatic heterocycles. The Morgan fingerprint density at radius 3 is 2.26 bits per heavy atom. The Balaban J connectivity index is 0.00000180. The minimum Gasteiger partial charge on any atom is -0.339 e. The van der Waals surface area contributed by atoms with Gasteiger partial charge in [-0.2, -0.15) is 4.31 Å². The molecule has 0 aromatic carbocycles. The number of nitrogens with one attached hydrogen (secondary N) is 1. The van der Waals surface area contributed by atoms with Gasteiger partial charge in [-0.15, -0.1) is 12.4 Å². The first-order valence-electron chi connectivity index (χ1n) is 6.46. The first-order chi connectivity index (χ1) is 8.48. The van der Waals surface area contributed by atoms with E-state index in [2.05, 4.69) is 5.32 Å². The summed E-state index contributed by atoms with van der Waals surface area (Å²) in [7, 11) is -3.12. The van der Waals surface area contributed by atoms with Gasteiger partial charge in [-0.25, -0.2) is 8.42 Å². The molecule has 2 aliphatic heterocycles. The molecule has 2 fully saturated rings. The number of nitrogens with zero attached hydrogens (tertiary/aromatic N) is 2. The fourth-order valence-electron chi connectivity index (χ4n) is 2.52. The monoisotopic (exact) mass is 311 g/mol. The first-order valence-corrected chi connectivity index (χ1v) is 8.30. The summed E-state index contributed by atoms with van der Waals surface area (Å²) in [5, 5.41) is 3.23. The SMILES string of the molecule is CS(=O)(=O)N1CCN(C(=O)C2CCCCN2)CC1.Cl. The number of sulfonamides is 1. The number of piperidine rings is 1. The molecule has 0 aromatic rings. The van der Waals surface area contributed by atoms with Crippen molar-refractivity contribution in [2.45, 2.75) is 25.3 Å². The van der Waals surface area contributed by atoms with Crippen molar-refractivity contribution in [1.29, 1.82) is 0 Å². The maximum Gasteiger partial charge on any atom is 0.239 e. The van der Waals surface area contributed by atoms with Crippen molar-refractivity contribution in [2.24, 2.45) is 0 Å². The highest BCUT2D eigenvalue weighted by molar-refractivity contribution is 7.88. The van der Waals surface area contributed by atoms with Crippen molar-refractivity contribution in [2.75, 3.05) is 39.0 Å². The van der Waals surface area contributed by atoms with E-state index in [4.69, 9.17) is 0 Å². The molecular formula is C11H22ClN3O3S. The van der Waals surface area contributed by atoms with Gasteiger partial charge in [0.1, 0.15) is 0 Å². The van der Waals surface area contributed by atoms with E-state index in [0.29, 0.717) is 26.2 Å². The van der Waals surface area contributed by atoms with Crippen molar-refractivity contribution in [3.05, 3.63) is 0 Å². The second-order valence-corrected chi connectivity index (χ2v) is 6.97. The van der Waals surface area contributed by atoms with Crippen LogP contribution in [0.5, 0.6) is 0 Å². The van der Waals surface area contributed by atoms with Gasteiger partial charge in [0.2, 0.25) is 15.9 Å². The minimum absolute atomic E-state index is 0. The molecule has 0 aliphatic carbocycles. The zero-order valence-corrected chi connectivity index (χ0v) is 12.8. The highest BCUT2D eigenvalue weighted by atomic mass is 35.5. The zero-order valence-electron chi connectivity index (χ0n) is 11.2. The highest BCUT2D eigenvalue weighted by Crippen LogP contribution is 2.12. The van der Waals surface area contributed by atoms with Crippen LogP contribution in [-0.4, -0.2) is 68.6 Å². The van der Waals surface area contributed by atoms with E-state index in [9.17, 15) is 13.2 Å². The summed E-state index contributed by atoms with van der Waals surface area (Å²) in [4.78, 5) is 14.0. The second kappa shape index (κ2) is 6.88. The van der Waals surface area contributed by atoms with E-state index in [0.717, 1.165) is 25.8 Å². The van der Waals surface area contributed by atoms with E-state index in [-0.39, 0.29) is 24.4 Å². The predicted octanol–water partition coefficient (Wildman–Crippen LogP) is -0.346. The fraction of sp³-hybridized carbons (Fsp3) is 0.909. The molecule has 19 heavy (non-hydrogen) atoms. The Hall–Kier alpha value is -0.370. The molecule has 1 atom stereocenters. The molecule has 0 radical (unpaired) electrons. The lowest BCUT2D eigenvalue weighted by atomic mass is 10.0. The summed E-state index contributed by atoms with van der Waals surface area (Å²) in [5.41, 5.74) is 0. The topological polar surface area (TPSA) is 69.7 Å². The first kappa shape index (κ1) is 16.7. The van der Waals surface area contributed by atoms with Gasteiger partial charge >= 0.3 is 0 Å². The summed E-state index contributed by atoms with van der Waals surface area (Å²) >= 11 is 0. The molecule has 112 valence electrons. The molecule has 2 rings (SSSR count). The van der Waals surface area contributed by atoms with Gasteiger partial charge < -0.3 is 10.2 Å². The molecular weight excluding hydrogens is 290 g/mol. The number of hydrogen-bond acceptors (Lipinski definition) is 4. The van der Waals surface area contributed by atoms with Crippen LogP contribution in [0.2, 0.25) is 0 Å². The summed E-state index contributed by atoms with van der Waals surface area (Å²) in [6.45, 7) is 2.74. The molecule has 2 heterocycles. The average Bonchev–Trinajstić information content (AvgIpc) is 2.38. The Morgan fingerprint density at radius 1 is 1.16 bits per heavy atom. The van der Waals surface area contributed by atoms with Crippen LogP contribution in [0.4, 0.5) is 0 Å². The quantitative estimate of drug-likeness (QED) is 0.757. The van der Waals surface area contributed by atoms with E-state index < -0.39 is 10.0 Å². The number of piperazine rings is 1. The van der Waals surface area contributed by atoms with Gasteiger partial charge in [0.15, 0.2) is 0 Å². The molecule has 0 bridgehead atoms. The third-order valence-electron chi connectivity index (χ3n) is 3.63. The molecule has 1 amide bonds. The molecule has 6 nitrogen and oxygen atoms in total. The van der Waals surface area contributed by atoms with Crippen LogP contribution in [0, 0.1) is 0 Å². The van der Waals surface area contributed by atoms with Crippen LogP contribution < -0.4 is 5.32 Å². The van der Waals surface area contributed by atoms with E-state index in [1.165, 1.54) is 10.6 Å². The Morgan fingerprint density at radius 2 is 1.79 bits per heavy atom. The third kappa shape index (κ3) is 4.30. The number of hydrogen-bond donors (Lipinski definition) is 1. The van der Waals surface area contributed by atoms with Crippen LogP contribution in [0.15, 0.2) is 0 Å². The van der Waals surface area contributed by atoms with Crippen molar-refractivity contribution < 1.29 is 13.2 Å². The number of halogens is 1. The largest absolute Gasteiger partial charge is 0.339 e. The predicted molar refractivity (Wildman–Crippen MR) is 75.9 cm³/mol. The molecule has 2 aliphatic rings. The van der Waals surface area contributed by atoms with Crippen molar-refractivity contribution in [1.82, 2.24) is 14.5 Å².